The molecule has 1 amide bonds. The minimum atomic E-state index is -0.0987. The quantitative estimate of drug-likeness (QED) is 0.575. The third-order valence-electron chi connectivity index (χ3n) is 2.10. The van der Waals surface area contributed by atoms with Gasteiger partial charge in [0, 0.05) is 13.1 Å². The fraction of sp³-hybridized carbons (Fsp3) is 0.750. The second kappa shape index (κ2) is 4.07. The summed E-state index contributed by atoms with van der Waals surface area (Å²) < 4.78 is 0. The van der Waals surface area contributed by atoms with Crippen LogP contribution in [0.1, 0.15) is 13.3 Å². The number of nitrogens with one attached hydrogen (secondary N) is 1. The predicted molar refractivity (Wildman–Crippen MR) is 44.3 cm³/mol. The van der Waals surface area contributed by atoms with Crippen LogP contribution in [0.3, 0.4) is 0 Å². The first kappa shape index (κ1) is 9.01. The Morgan fingerprint density at radius 1 is 1.83 bits per heavy atom. The lowest BCUT2D eigenvalue weighted by molar-refractivity contribution is -0.128. The molecule has 4 heteroatoms. The minimum Gasteiger partial charge on any atom is -0.353 e. The molecule has 1 unspecified atom stereocenters. The molecule has 0 aliphatic carbocycles. The number of nitrogens with zero attached hydrogens (tertiary/aromatic N) is 2. The van der Waals surface area contributed by atoms with Crippen LogP contribution in [0.25, 0.3) is 0 Å². The smallest absolute Gasteiger partial charge is 0.237 e. The highest BCUT2D eigenvalue weighted by molar-refractivity contribution is 5.82. The summed E-state index contributed by atoms with van der Waals surface area (Å²) in [7, 11) is 0. The summed E-state index contributed by atoms with van der Waals surface area (Å²) in [5, 5.41) is 11.3. The maximum atomic E-state index is 11.2. The molecule has 1 heterocycles. The van der Waals surface area contributed by atoms with Gasteiger partial charge in [0.15, 0.2) is 0 Å². The Kier molecular flexibility index (Phi) is 3.06. The molecule has 4 nitrogen and oxygen atoms in total. The van der Waals surface area contributed by atoms with Crippen LogP contribution in [0.2, 0.25) is 0 Å². The van der Waals surface area contributed by atoms with Gasteiger partial charge in [0.05, 0.1) is 18.7 Å². The van der Waals surface area contributed by atoms with Crippen LogP contribution in [-0.4, -0.2) is 36.5 Å². The molecule has 1 aliphatic heterocycles. The van der Waals surface area contributed by atoms with E-state index in [1.807, 2.05) is 11.8 Å². The van der Waals surface area contributed by atoms with Gasteiger partial charge in [-0.15, -0.1) is 0 Å². The Morgan fingerprint density at radius 3 is 3.17 bits per heavy atom. The molecule has 1 fully saturated rings. The fourth-order valence-corrected chi connectivity index (χ4v) is 1.49. The van der Waals surface area contributed by atoms with Crippen molar-refractivity contribution >= 4 is 5.91 Å². The number of rotatable bonds is 2. The fourth-order valence-electron chi connectivity index (χ4n) is 1.49. The van der Waals surface area contributed by atoms with Crippen molar-refractivity contribution in [1.29, 1.82) is 5.26 Å². The normalized spacial score (nSPS) is 24.7. The van der Waals surface area contributed by atoms with Crippen LogP contribution in [0.5, 0.6) is 0 Å². The highest BCUT2D eigenvalue weighted by Gasteiger charge is 2.27. The number of carbonyl (C=O) groups is 1. The molecule has 0 saturated carbocycles. The number of hydrogen-bond acceptors (Lipinski definition) is 3. The van der Waals surface area contributed by atoms with Gasteiger partial charge in [-0.2, -0.15) is 5.26 Å². The van der Waals surface area contributed by atoms with Crippen molar-refractivity contribution in [3.63, 3.8) is 0 Å². The van der Waals surface area contributed by atoms with Gasteiger partial charge in [-0.1, -0.05) is 6.92 Å². The summed E-state index contributed by atoms with van der Waals surface area (Å²) in [5.74, 6) is 0.0546. The summed E-state index contributed by atoms with van der Waals surface area (Å²) in [6, 6.07) is 1.97. The molecule has 0 spiro atoms. The van der Waals surface area contributed by atoms with Crippen molar-refractivity contribution < 1.29 is 4.79 Å². The Morgan fingerprint density at radius 2 is 2.58 bits per heavy atom. The summed E-state index contributed by atoms with van der Waals surface area (Å²) >= 11 is 0. The first-order valence-corrected chi connectivity index (χ1v) is 4.18. The third-order valence-corrected chi connectivity index (χ3v) is 2.10. The SMILES string of the molecule is CCC1C(=O)NCCN1CC#N. The van der Waals surface area contributed by atoms with Gasteiger partial charge in [-0.25, -0.2) is 0 Å². The van der Waals surface area contributed by atoms with E-state index in [4.69, 9.17) is 5.26 Å². The zero-order valence-electron chi connectivity index (χ0n) is 7.21. The second-order valence-corrected chi connectivity index (χ2v) is 2.84. The van der Waals surface area contributed by atoms with Gasteiger partial charge in [-0.05, 0) is 6.42 Å². The van der Waals surface area contributed by atoms with Gasteiger partial charge < -0.3 is 5.32 Å². The number of hydrogen-bond donors (Lipinski definition) is 1. The Balaban J connectivity index is 2.59. The topological polar surface area (TPSA) is 56.1 Å². The minimum absolute atomic E-state index is 0.0546. The maximum Gasteiger partial charge on any atom is 0.237 e. The molecule has 12 heavy (non-hydrogen) atoms. The van der Waals surface area contributed by atoms with Crippen molar-refractivity contribution in [3.8, 4) is 6.07 Å². The third kappa shape index (κ3) is 1.74. The largest absolute Gasteiger partial charge is 0.353 e. The molecule has 0 aromatic heterocycles. The highest BCUT2D eigenvalue weighted by Crippen LogP contribution is 2.06. The highest BCUT2D eigenvalue weighted by atomic mass is 16.2. The van der Waals surface area contributed by atoms with Crippen LogP contribution >= 0.6 is 0 Å². The van der Waals surface area contributed by atoms with E-state index in [9.17, 15) is 4.79 Å². The van der Waals surface area contributed by atoms with Crippen molar-refractivity contribution in [3.05, 3.63) is 0 Å². The number of amides is 1. The molecule has 66 valence electrons. The van der Waals surface area contributed by atoms with Crippen LogP contribution in [0, 0.1) is 11.3 Å². The monoisotopic (exact) mass is 167 g/mol. The Labute approximate surface area is 72.2 Å². The molecule has 0 aromatic rings. The lowest BCUT2D eigenvalue weighted by atomic mass is 10.1. The standard InChI is InChI=1S/C8H13N3O/c1-2-7-8(12)10-4-6-11(7)5-3-9/h7H,2,4-6H2,1H3,(H,10,12). The van der Waals surface area contributed by atoms with Crippen molar-refractivity contribution in [2.75, 3.05) is 19.6 Å². The van der Waals surface area contributed by atoms with Gasteiger partial charge in [0.25, 0.3) is 0 Å². The van der Waals surface area contributed by atoms with Crippen molar-refractivity contribution in [2.45, 2.75) is 19.4 Å². The van der Waals surface area contributed by atoms with E-state index in [-0.39, 0.29) is 11.9 Å². The molecular weight excluding hydrogens is 154 g/mol. The summed E-state index contributed by atoms with van der Waals surface area (Å²) in [4.78, 5) is 13.2. The molecule has 1 atom stereocenters. The summed E-state index contributed by atoms with van der Waals surface area (Å²) in [6.07, 6.45) is 0.771. The average molecular weight is 167 g/mol. The molecule has 1 N–H and O–H groups in total. The Bertz CT molecular complexity index is 209. The van der Waals surface area contributed by atoms with E-state index in [2.05, 4.69) is 11.4 Å². The lowest BCUT2D eigenvalue weighted by Crippen LogP contribution is -2.54. The average Bonchev–Trinajstić information content (AvgIpc) is 2.05. The van der Waals surface area contributed by atoms with E-state index in [1.54, 1.807) is 0 Å². The van der Waals surface area contributed by atoms with Gasteiger partial charge in [-0.3, -0.25) is 9.69 Å². The zero-order valence-corrected chi connectivity index (χ0v) is 7.21. The van der Waals surface area contributed by atoms with Gasteiger partial charge in [0.2, 0.25) is 5.91 Å². The van der Waals surface area contributed by atoms with E-state index in [0.717, 1.165) is 13.0 Å². The van der Waals surface area contributed by atoms with Crippen LogP contribution < -0.4 is 5.32 Å². The molecule has 1 rings (SSSR count). The van der Waals surface area contributed by atoms with E-state index < -0.39 is 0 Å². The van der Waals surface area contributed by atoms with Gasteiger partial charge >= 0.3 is 0 Å². The lowest BCUT2D eigenvalue weighted by Gasteiger charge is -2.32. The van der Waals surface area contributed by atoms with E-state index in [0.29, 0.717) is 13.1 Å². The molecule has 0 radical (unpaired) electrons. The van der Waals surface area contributed by atoms with E-state index >= 15 is 0 Å². The second-order valence-electron chi connectivity index (χ2n) is 2.84. The summed E-state index contributed by atoms with van der Waals surface area (Å²) in [5.41, 5.74) is 0. The van der Waals surface area contributed by atoms with Crippen LogP contribution in [-0.2, 0) is 4.79 Å². The first-order valence-electron chi connectivity index (χ1n) is 4.18. The molecular formula is C8H13N3O. The Hall–Kier alpha value is -1.08. The van der Waals surface area contributed by atoms with Gasteiger partial charge in [0.1, 0.15) is 0 Å². The van der Waals surface area contributed by atoms with Crippen molar-refractivity contribution in [2.24, 2.45) is 0 Å². The van der Waals surface area contributed by atoms with Crippen molar-refractivity contribution in [1.82, 2.24) is 10.2 Å². The van der Waals surface area contributed by atoms with Crippen LogP contribution in [0.4, 0.5) is 0 Å². The maximum absolute atomic E-state index is 11.2. The molecule has 1 saturated heterocycles. The number of piperazine rings is 1. The first-order chi connectivity index (χ1) is 5.79. The number of carbonyl (C=O) groups excluding carboxylic acids is 1. The van der Waals surface area contributed by atoms with E-state index in [1.165, 1.54) is 0 Å². The molecule has 0 aromatic carbocycles. The summed E-state index contributed by atoms with van der Waals surface area (Å²) in [6.45, 7) is 3.76. The number of nitriles is 1. The zero-order chi connectivity index (χ0) is 8.97. The van der Waals surface area contributed by atoms with Crippen LogP contribution in [0.15, 0.2) is 0 Å². The molecule has 0 bridgehead atoms. The predicted octanol–water partition coefficient (Wildman–Crippen LogP) is -0.280. The molecule has 1 aliphatic rings.